The van der Waals surface area contributed by atoms with Crippen molar-refractivity contribution < 1.29 is 9.13 Å². The lowest BCUT2D eigenvalue weighted by molar-refractivity contribution is -0.0840. The summed E-state index contributed by atoms with van der Waals surface area (Å²) in [5.41, 5.74) is 7.48. The van der Waals surface area contributed by atoms with E-state index in [9.17, 15) is 4.39 Å². The van der Waals surface area contributed by atoms with Crippen LogP contribution in [0.5, 0.6) is 5.75 Å². The third kappa shape index (κ3) is 2.80. The molecule has 3 heteroatoms. The first-order chi connectivity index (χ1) is 9.60. The van der Waals surface area contributed by atoms with E-state index in [1.165, 1.54) is 18.6 Å². The van der Waals surface area contributed by atoms with Gasteiger partial charge in [0.15, 0.2) is 0 Å². The van der Waals surface area contributed by atoms with Gasteiger partial charge in [0.25, 0.3) is 0 Å². The number of nitrogens with two attached hydrogens (primary N) is 1. The first kappa shape index (κ1) is 14.8. The van der Waals surface area contributed by atoms with Gasteiger partial charge < -0.3 is 10.5 Å². The van der Waals surface area contributed by atoms with Crippen molar-refractivity contribution in [2.24, 2.45) is 16.6 Å². The predicted octanol–water partition coefficient (Wildman–Crippen LogP) is 4.58. The zero-order valence-corrected chi connectivity index (χ0v) is 13.5. The summed E-state index contributed by atoms with van der Waals surface area (Å²) in [6, 6.07) is 4.65. The molecule has 0 unspecified atom stereocenters. The Morgan fingerprint density at radius 1 is 1.10 bits per heavy atom. The smallest absolute Gasteiger partial charge is 0.127 e. The molecule has 3 rings (SSSR count). The topological polar surface area (TPSA) is 35.2 Å². The number of rotatable bonds is 0. The van der Waals surface area contributed by atoms with Gasteiger partial charge in [-0.25, -0.2) is 4.39 Å². The average molecular weight is 291 g/mol. The molecule has 1 heterocycles. The molecule has 0 amide bonds. The van der Waals surface area contributed by atoms with E-state index in [4.69, 9.17) is 10.5 Å². The van der Waals surface area contributed by atoms with Crippen LogP contribution < -0.4 is 10.5 Å². The van der Waals surface area contributed by atoms with Gasteiger partial charge in [-0.05, 0) is 36.2 Å². The summed E-state index contributed by atoms with van der Waals surface area (Å²) in [5, 5.41) is 0. The second-order valence-corrected chi connectivity index (χ2v) is 8.64. The van der Waals surface area contributed by atoms with Crippen LogP contribution in [0.3, 0.4) is 0 Å². The molecule has 0 bridgehead atoms. The van der Waals surface area contributed by atoms with Gasteiger partial charge in [0.1, 0.15) is 17.2 Å². The highest BCUT2D eigenvalue weighted by Gasteiger charge is 2.51. The van der Waals surface area contributed by atoms with Crippen molar-refractivity contribution >= 4 is 0 Å². The van der Waals surface area contributed by atoms with Crippen molar-refractivity contribution in [3.8, 4) is 5.75 Å². The van der Waals surface area contributed by atoms with E-state index in [1.54, 1.807) is 6.07 Å². The van der Waals surface area contributed by atoms with E-state index in [0.717, 1.165) is 24.8 Å². The largest absolute Gasteiger partial charge is 0.487 e. The van der Waals surface area contributed by atoms with Gasteiger partial charge in [-0.2, -0.15) is 0 Å². The second kappa shape index (κ2) is 4.45. The minimum Gasteiger partial charge on any atom is -0.487 e. The van der Waals surface area contributed by atoms with Crippen molar-refractivity contribution in [2.75, 3.05) is 0 Å². The van der Waals surface area contributed by atoms with Gasteiger partial charge in [0.2, 0.25) is 0 Å². The van der Waals surface area contributed by atoms with Crippen LogP contribution in [-0.4, -0.2) is 5.60 Å². The molecular formula is C18H26FNO. The Morgan fingerprint density at radius 3 is 2.33 bits per heavy atom. The Labute approximate surface area is 126 Å². The van der Waals surface area contributed by atoms with Gasteiger partial charge in [0.05, 0.1) is 0 Å². The van der Waals surface area contributed by atoms with Crippen LogP contribution in [-0.2, 0) is 0 Å². The van der Waals surface area contributed by atoms with E-state index < -0.39 is 0 Å². The monoisotopic (exact) mass is 291 g/mol. The van der Waals surface area contributed by atoms with Crippen LogP contribution in [0.1, 0.15) is 65.0 Å². The summed E-state index contributed by atoms with van der Waals surface area (Å²) in [5.74, 6) is 0.384. The lowest BCUT2D eigenvalue weighted by Gasteiger charge is -2.54. The maximum atomic E-state index is 13.6. The molecule has 0 radical (unpaired) electrons. The zero-order valence-electron chi connectivity index (χ0n) is 13.5. The van der Waals surface area contributed by atoms with Crippen LogP contribution in [0.4, 0.5) is 4.39 Å². The fraction of sp³-hybridized carbons (Fsp3) is 0.667. The van der Waals surface area contributed by atoms with E-state index in [-0.39, 0.29) is 28.3 Å². The van der Waals surface area contributed by atoms with Crippen LogP contribution in [0.25, 0.3) is 0 Å². The summed E-state index contributed by atoms with van der Waals surface area (Å²) in [6.45, 7) is 9.19. The molecule has 116 valence electrons. The molecule has 1 aromatic carbocycles. The molecule has 2 N–H and O–H groups in total. The van der Waals surface area contributed by atoms with Crippen LogP contribution in [0, 0.1) is 16.6 Å². The van der Waals surface area contributed by atoms with E-state index in [0.29, 0.717) is 5.75 Å². The lowest BCUT2D eigenvalue weighted by atomic mass is 9.58. The molecule has 0 saturated heterocycles. The summed E-state index contributed by atoms with van der Waals surface area (Å²) < 4.78 is 19.9. The molecule has 21 heavy (non-hydrogen) atoms. The second-order valence-electron chi connectivity index (χ2n) is 8.64. The molecule has 1 aliphatic heterocycles. The molecule has 1 spiro atoms. The molecule has 0 aromatic heterocycles. The Balaban J connectivity index is 2.00. The summed E-state index contributed by atoms with van der Waals surface area (Å²) >= 11 is 0. The number of fused-ring (bicyclic) bond motifs is 1. The quantitative estimate of drug-likeness (QED) is 0.759. The SMILES string of the molecule is CC1(C)CC(C)(C)CC2(C[C@H](N)c3ccc(F)cc3O2)C1. The first-order valence-electron chi connectivity index (χ1n) is 7.84. The van der Waals surface area contributed by atoms with E-state index in [1.807, 2.05) is 0 Å². The fourth-order valence-corrected chi connectivity index (χ4v) is 5.13. The van der Waals surface area contributed by atoms with Crippen LogP contribution >= 0.6 is 0 Å². The fourth-order valence-electron chi connectivity index (χ4n) is 5.13. The molecule has 1 saturated carbocycles. The van der Waals surface area contributed by atoms with Crippen molar-refractivity contribution in [3.05, 3.63) is 29.6 Å². The highest BCUT2D eigenvalue weighted by molar-refractivity contribution is 5.39. The highest BCUT2D eigenvalue weighted by atomic mass is 19.1. The van der Waals surface area contributed by atoms with E-state index in [2.05, 4.69) is 27.7 Å². The summed E-state index contributed by atoms with van der Waals surface area (Å²) in [7, 11) is 0. The van der Waals surface area contributed by atoms with E-state index >= 15 is 0 Å². The molecule has 1 aromatic rings. The number of ether oxygens (including phenoxy) is 1. The Kier molecular flexibility index (Phi) is 3.14. The van der Waals surface area contributed by atoms with Gasteiger partial charge in [0, 0.05) is 24.1 Å². The van der Waals surface area contributed by atoms with Crippen molar-refractivity contribution in [1.82, 2.24) is 0 Å². The van der Waals surface area contributed by atoms with Gasteiger partial charge in [-0.1, -0.05) is 33.8 Å². The molecule has 2 aliphatic rings. The Bertz CT molecular complexity index is 548. The molecular weight excluding hydrogens is 265 g/mol. The van der Waals surface area contributed by atoms with Crippen LogP contribution in [0.2, 0.25) is 0 Å². The number of benzene rings is 1. The van der Waals surface area contributed by atoms with Crippen molar-refractivity contribution in [2.45, 2.75) is 65.0 Å². The number of hydrogen-bond acceptors (Lipinski definition) is 2. The number of hydrogen-bond donors (Lipinski definition) is 1. The third-order valence-corrected chi connectivity index (χ3v) is 4.85. The van der Waals surface area contributed by atoms with Crippen molar-refractivity contribution in [1.29, 1.82) is 0 Å². The average Bonchev–Trinajstić information content (AvgIpc) is 2.22. The molecule has 1 fully saturated rings. The van der Waals surface area contributed by atoms with Gasteiger partial charge in [-0.3, -0.25) is 0 Å². The lowest BCUT2D eigenvalue weighted by Crippen LogP contribution is -2.52. The van der Waals surface area contributed by atoms with Gasteiger partial charge in [-0.15, -0.1) is 0 Å². The van der Waals surface area contributed by atoms with Crippen molar-refractivity contribution in [3.63, 3.8) is 0 Å². The Hall–Kier alpha value is -1.09. The maximum Gasteiger partial charge on any atom is 0.127 e. The summed E-state index contributed by atoms with van der Waals surface area (Å²) in [4.78, 5) is 0. The normalized spacial score (nSPS) is 28.8. The van der Waals surface area contributed by atoms with Crippen LogP contribution in [0.15, 0.2) is 18.2 Å². The molecule has 1 aliphatic carbocycles. The Morgan fingerprint density at radius 2 is 1.71 bits per heavy atom. The standard InChI is InChI=1S/C18H26FNO/c1-16(2)9-17(3,4)11-18(10-16)8-14(20)13-6-5-12(19)7-15(13)21-18/h5-7,14H,8-11,20H2,1-4H3/t14-/m0/s1. The predicted molar refractivity (Wildman–Crippen MR) is 82.7 cm³/mol. The minimum absolute atomic E-state index is 0.0703. The highest BCUT2D eigenvalue weighted by Crippen LogP contribution is 2.55. The number of halogens is 1. The molecule has 2 nitrogen and oxygen atoms in total. The first-order valence-corrected chi connectivity index (χ1v) is 7.84. The van der Waals surface area contributed by atoms with Gasteiger partial charge >= 0.3 is 0 Å². The summed E-state index contributed by atoms with van der Waals surface area (Å²) in [6.07, 6.45) is 3.95. The zero-order chi connectivity index (χ0) is 15.5. The maximum absolute atomic E-state index is 13.6. The third-order valence-electron chi connectivity index (χ3n) is 4.85. The molecule has 1 atom stereocenters. The minimum atomic E-state index is -0.258.